The van der Waals surface area contributed by atoms with Gasteiger partial charge in [-0.05, 0) is 13.8 Å². The summed E-state index contributed by atoms with van der Waals surface area (Å²) in [5.41, 5.74) is -13.3. The van der Waals surface area contributed by atoms with Gasteiger partial charge in [-0.2, -0.15) is 79.0 Å². The Bertz CT molecular complexity index is 677. The maximum absolute atomic E-state index is 13.4. The lowest BCUT2D eigenvalue weighted by atomic mass is 9.81. The summed E-state index contributed by atoms with van der Waals surface area (Å²) in [5.74, 6) is -50.6. The van der Waals surface area contributed by atoms with E-state index in [1.807, 2.05) is 0 Å². The molecule has 0 aliphatic heterocycles. The largest absolute Gasteiger partial charge is 0.438 e. The summed E-state index contributed by atoms with van der Waals surface area (Å²) in [6, 6.07) is 0. The molecule has 0 saturated carbocycles. The third-order valence-corrected chi connectivity index (χ3v) is 3.95. The van der Waals surface area contributed by atoms with Gasteiger partial charge in [0.15, 0.2) is 0 Å². The number of hydrogen-bond donors (Lipinski definition) is 1. The summed E-state index contributed by atoms with van der Waals surface area (Å²) in [4.78, 5) is 0. The van der Waals surface area contributed by atoms with Gasteiger partial charge in [-0.25, -0.2) is 4.39 Å². The summed E-state index contributed by atoms with van der Waals surface area (Å²) < 4.78 is 247. The van der Waals surface area contributed by atoms with Crippen LogP contribution in [0, 0.1) is 0 Å². The van der Waals surface area contributed by atoms with E-state index in [4.69, 9.17) is 5.11 Å². The topological polar surface area (TPSA) is 20.2 Å². The zero-order valence-electron chi connectivity index (χ0n) is 14.6. The van der Waals surface area contributed by atoms with Crippen LogP contribution in [0.25, 0.3) is 0 Å². The lowest BCUT2D eigenvalue weighted by Gasteiger charge is -2.46. The fourth-order valence-electron chi connectivity index (χ4n) is 1.91. The van der Waals surface area contributed by atoms with Crippen molar-refractivity contribution in [1.82, 2.24) is 0 Å². The Morgan fingerprint density at radius 3 is 0.719 bits per heavy atom. The molecule has 0 saturated heterocycles. The molecule has 0 bridgehead atoms. The second kappa shape index (κ2) is 7.07. The molecule has 0 aromatic heterocycles. The summed E-state index contributed by atoms with van der Waals surface area (Å²) in [6.45, 7) is -1.05. The van der Waals surface area contributed by atoms with Gasteiger partial charge in [0.25, 0.3) is 0 Å². The molecule has 0 atom stereocenters. The van der Waals surface area contributed by atoms with Gasteiger partial charge in [-0.3, -0.25) is 0 Å². The van der Waals surface area contributed by atoms with Crippen molar-refractivity contribution < 1.29 is 88.5 Å². The molecule has 0 aromatic rings. The Kier molecular flexibility index (Phi) is 6.76. The molecule has 0 amide bonds. The molecule has 1 N–H and O–H groups in total. The van der Waals surface area contributed by atoms with Crippen LogP contribution in [0.15, 0.2) is 0 Å². The Labute approximate surface area is 163 Å². The fraction of sp³-hybridized carbons (Fsp3) is 1.00. The van der Waals surface area contributed by atoms with Crippen LogP contribution in [0.5, 0.6) is 0 Å². The standard InChI is InChI=1S/C12H7F19O/c1-3(2,32)5(14,15)7(18,19)9(22,23)10(24,25)8(20,21)6(16,17)4(13,11(26,27)28)12(29,30)31/h32H,1-2H3. The van der Waals surface area contributed by atoms with Gasteiger partial charge < -0.3 is 5.11 Å². The molecule has 0 aromatic carbocycles. The van der Waals surface area contributed by atoms with E-state index >= 15 is 0 Å². The fourth-order valence-corrected chi connectivity index (χ4v) is 1.91. The Balaban J connectivity index is 7.19. The SMILES string of the molecule is CC(C)(O)C(F)(F)C(F)(F)C(F)(F)C(F)(F)C(F)(F)C(F)(F)C(F)(C(F)(F)F)C(F)(F)F. The summed E-state index contributed by atoms with van der Waals surface area (Å²) in [6.07, 6.45) is -16.6. The third-order valence-electron chi connectivity index (χ3n) is 3.95. The number of rotatable bonds is 7. The molecule has 0 aliphatic rings. The molecule has 0 fully saturated rings. The average Bonchev–Trinajstić information content (AvgIpc) is 2.49. The van der Waals surface area contributed by atoms with Gasteiger partial charge >= 0.3 is 53.6 Å². The van der Waals surface area contributed by atoms with Gasteiger partial charge in [0.2, 0.25) is 0 Å². The molecular weight excluding hydrogens is 521 g/mol. The average molecular weight is 528 g/mol. The van der Waals surface area contributed by atoms with E-state index < -0.39 is 73.0 Å². The molecule has 0 rings (SSSR count). The van der Waals surface area contributed by atoms with E-state index in [1.54, 1.807) is 0 Å². The van der Waals surface area contributed by atoms with Crippen molar-refractivity contribution in [3.8, 4) is 0 Å². The molecule has 0 aliphatic carbocycles. The van der Waals surface area contributed by atoms with E-state index in [9.17, 15) is 83.4 Å². The highest BCUT2D eigenvalue weighted by atomic mass is 19.4. The maximum Gasteiger partial charge on any atom is 0.438 e. The molecule has 20 heteroatoms. The van der Waals surface area contributed by atoms with Crippen molar-refractivity contribution in [3.05, 3.63) is 0 Å². The third kappa shape index (κ3) is 3.45. The van der Waals surface area contributed by atoms with Crippen LogP contribution in [0.2, 0.25) is 0 Å². The van der Waals surface area contributed by atoms with E-state index in [1.165, 1.54) is 0 Å². The van der Waals surface area contributed by atoms with Crippen molar-refractivity contribution in [1.29, 1.82) is 0 Å². The van der Waals surface area contributed by atoms with E-state index in [0.29, 0.717) is 0 Å². The Morgan fingerprint density at radius 1 is 0.344 bits per heavy atom. The van der Waals surface area contributed by atoms with Gasteiger partial charge in [-0.1, -0.05) is 0 Å². The number of aliphatic hydroxyl groups is 1. The quantitative estimate of drug-likeness (QED) is 0.380. The first kappa shape index (κ1) is 30.6. The van der Waals surface area contributed by atoms with E-state index in [0.717, 1.165) is 0 Å². The van der Waals surface area contributed by atoms with Crippen molar-refractivity contribution in [2.75, 3.05) is 0 Å². The van der Waals surface area contributed by atoms with Crippen LogP contribution in [-0.2, 0) is 0 Å². The highest BCUT2D eigenvalue weighted by Gasteiger charge is 2.98. The summed E-state index contributed by atoms with van der Waals surface area (Å²) in [5, 5.41) is 8.71. The Morgan fingerprint density at radius 2 is 0.531 bits per heavy atom. The minimum Gasteiger partial charge on any atom is -0.384 e. The molecule has 1 nitrogen and oxygen atoms in total. The molecule has 194 valence electrons. The number of alkyl halides is 19. The first-order chi connectivity index (χ1) is 13.2. The van der Waals surface area contributed by atoms with E-state index in [-0.39, 0.29) is 0 Å². The molecule has 0 unspecified atom stereocenters. The molecule has 0 radical (unpaired) electrons. The normalized spacial score (nSPS) is 17.1. The smallest absolute Gasteiger partial charge is 0.384 e. The highest BCUT2D eigenvalue weighted by molar-refractivity contribution is 5.20. The molecule has 0 spiro atoms. The lowest BCUT2D eigenvalue weighted by molar-refractivity contribution is -0.475. The van der Waals surface area contributed by atoms with Crippen LogP contribution < -0.4 is 0 Å². The molecular formula is C12H7F19O. The van der Waals surface area contributed by atoms with Crippen molar-refractivity contribution in [2.24, 2.45) is 0 Å². The predicted octanol–water partition coefficient (Wildman–Crippen LogP) is 6.40. The van der Waals surface area contributed by atoms with Gasteiger partial charge in [-0.15, -0.1) is 0 Å². The second-order valence-corrected chi connectivity index (χ2v) is 6.66. The van der Waals surface area contributed by atoms with Crippen molar-refractivity contribution >= 4 is 0 Å². The van der Waals surface area contributed by atoms with Gasteiger partial charge in [0.05, 0.1) is 0 Å². The number of halogens is 19. The van der Waals surface area contributed by atoms with Crippen LogP contribution in [0.4, 0.5) is 83.4 Å². The minimum absolute atomic E-state index is 0.526. The summed E-state index contributed by atoms with van der Waals surface area (Å²) in [7, 11) is 0. The zero-order valence-corrected chi connectivity index (χ0v) is 14.6. The van der Waals surface area contributed by atoms with Crippen LogP contribution in [0.3, 0.4) is 0 Å². The second-order valence-electron chi connectivity index (χ2n) is 6.66. The van der Waals surface area contributed by atoms with E-state index in [2.05, 4.69) is 0 Å². The molecule has 32 heavy (non-hydrogen) atoms. The number of hydrogen-bond acceptors (Lipinski definition) is 1. The van der Waals surface area contributed by atoms with Crippen LogP contribution >= 0.6 is 0 Å². The van der Waals surface area contributed by atoms with Crippen molar-refractivity contribution in [3.63, 3.8) is 0 Å². The first-order valence-corrected chi connectivity index (χ1v) is 7.06. The first-order valence-electron chi connectivity index (χ1n) is 7.06. The summed E-state index contributed by atoms with van der Waals surface area (Å²) >= 11 is 0. The van der Waals surface area contributed by atoms with Crippen LogP contribution in [-0.4, -0.2) is 64.3 Å². The van der Waals surface area contributed by atoms with Gasteiger partial charge in [0.1, 0.15) is 5.60 Å². The van der Waals surface area contributed by atoms with Crippen LogP contribution in [0.1, 0.15) is 13.8 Å². The van der Waals surface area contributed by atoms with Gasteiger partial charge in [0, 0.05) is 0 Å². The predicted molar refractivity (Wildman–Crippen MR) is 61.9 cm³/mol. The Hall–Kier alpha value is -1.37. The molecule has 0 heterocycles. The lowest BCUT2D eigenvalue weighted by Crippen LogP contribution is -2.78. The minimum atomic E-state index is -9.05. The highest BCUT2D eigenvalue weighted by Crippen LogP contribution is 2.66. The monoisotopic (exact) mass is 528 g/mol. The zero-order chi connectivity index (χ0) is 27.0. The maximum atomic E-state index is 13.4. The van der Waals surface area contributed by atoms with Crippen molar-refractivity contribution in [2.45, 2.75) is 73.0 Å².